The molecule has 2 aliphatic rings. The van der Waals surface area contributed by atoms with Crippen LogP contribution in [0.2, 0.25) is 0 Å². The van der Waals surface area contributed by atoms with Gasteiger partial charge in [0.15, 0.2) is 5.43 Å². The number of aromatic nitrogens is 1. The fraction of sp³-hybridized carbons (Fsp3) is 0.524. The van der Waals surface area contributed by atoms with E-state index < -0.39 is 0 Å². The first-order valence-electron chi connectivity index (χ1n) is 9.74. The van der Waals surface area contributed by atoms with Crippen molar-refractivity contribution in [1.82, 2.24) is 14.8 Å². The van der Waals surface area contributed by atoms with Gasteiger partial charge >= 0.3 is 0 Å². The number of hydrogen-bond acceptors (Lipinski definition) is 3. The molecule has 1 amide bonds. The molecule has 1 aliphatic carbocycles. The molecule has 0 spiro atoms. The Bertz CT molecular complexity index is 867. The van der Waals surface area contributed by atoms with E-state index in [0.717, 1.165) is 48.1 Å². The Morgan fingerprint density at radius 1 is 1.08 bits per heavy atom. The molecular formula is C21H27N3O2. The van der Waals surface area contributed by atoms with E-state index in [2.05, 4.69) is 14.8 Å². The molecule has 0 bridgehead atoms. The Kier molecular flexibility index (Phi) is 4.81. The molecule has 4 rings (SSSR count). The van der Waals surface area contributed by atoms with Gasteiger partial charge in [-0.05, 0) is 31.9 Å². The number of aromatic amines is 1. The van der Waals surface area contributed by atoms with Crippen LogP contribution in [0.25, 0.3) is 10.9 Å². The molecule has 2 heterocycles. The minimum atomic E-state index is 0.0459. The van der Waals surface area contributed by atoms with E-state index in [-0.39, 0.29) is 11.3 Å². The third-order valence-electron chi connectivity index (χ3n) is 5.79. The summed E-state index contributed by atoms with van der Waals surface area (Å²) in [5.74, 6) is 0.238. The number of piperazine rings is 1. The van der Waals surface area contributed by atoms with E-state index in [9.17, 15) is 9.59 Å². The topological polar surface area (TPSA) is 56.4 Å². The Hall–Kier alpha value is -2.14. The van der Waals surface area contributed by atoms with Crippen LogP contribution in [0, 0.1) is 6.92 Å². The molecular weight excluding hydrogens is 326 g/mol. The first kappa shape index (κ1) is 17.3. The van der Waals surface area contributed by atoms with Crippen LogP contribution < -0.4 is 5.43 Å². The molecule has 138 valence electrons. The predicted molar refractivity (Wildman–Crippen MR) is 103 cm³/mol. The Labute approximate surface area is 154 Å². The lowest BCUT2D eigenvalue weighted by atomic mass is 9.93. The average Bonchev–Trinajstić information content (AvgIpc) is 2.63. The Morgan fingerprint density at radius 3 is 2.65 bits per heavy atom. The van der Waals surface area contributed by atoms with Gasteiger partial charge in [-0.25, -0.2) is 0 Å². The van der Waals surface area contributed by atoms with Gasteiger partial charge in [0, 0.05) is 48.3 Å². The minimum absolute atomic E-state index is 0.0459. The maximum absolute atomic E-state index is 12.6. The molecule has 1 aromatic heterocycles. The van der Waals surface area contributed by atoms with Crippen molar-refractivity contribution < 1.29 is 4.79 Å². The Morgan fingerprint density at radius 2 is 1.88 bits per heavy atom. The van der Waals surface area contributed by atoms with Gasteiger partial charge in [0.05, 0.1) is 6.54 Å². The summed E-state index contributed by atoms with van der Waals surface area (Å²) in [6.07, 6.45) is 6.11. The third-order valence-corrected chi connectivity index (χ3v) is 5.79. The van der Waals surface area contributed by atoms with E-state index >= 15 is 0 Å². The molecule has 1 aliphatic heterocycles. The van der Waals surface area contributed by atoms with Gasteiger partial charge < -0.3 is 9.88 Å². The lowest BCUT2D eigenvalue weighted by Gasteiger charge is -2.40. The molecule has 1 saturated carbocycles. The molecule has 1 aromatic carbocycles. The van der Waals surface area contributed by atoms with Crippen LogP contribution in [0.4, 0.5) is 0 Å². The number of aryl methyl sites for hydroxylation is 1. The van der Waals surface area contributed by atoms with Crippen LogP contribution in [-0.4, -0.2) is 46.4 Å². The van der Waals surface area contributed by atoms with Crippen molar-refractivity contribution in [2.45, 2.75) is 51.6 Å². The highest BCUT2D eigenvalue weighted by molar-refractivity contribution is 5.80. The molecule has 0 unspecified atom stereocenters. The average molecular weight is 353 g/mol. The van der Waals surface area contributed by atoms with Crippen molar-refractivity contribution in [1.29, 1.82) is 0 Å². The molecule has 1 saturated heterocycles. The van der Waals surface area contributed by atoms with Gasteiger partial charge in [0.1, 0.15) is 0 Å². The maximum atomic E-state index is 12.6. The number of carbonyl (C=O) groups is 1. The fourth-order valence-corrected chi connectivity index (χ4v) is 4.39. The van der Waals surface area contributed by atoms with Gasteiger partial charge in [0.25, 0.3) is 0 Å². The van der Waals surface area contributed by atoms with E-state index in [4.69, 9.17) is 0 Å². The smallest absolute Gasteiger partial charge is 0.237 e. The molecule has 0 radical (unpaired) electrons. The van der Waals surface area contributed by atoms with Crippen LogP contribution in [0.5, 0.6) is 0 Å². The van der Waals surface area contributed by atoms with Crippen molar-refractivity contribution >= 4 is 16.8 Å². The predicted octanol–water partition coefficient (Wildman–Crippen LogP) is 2.81. The standard InChI is InChI=1S/C21H27N3O2/c1-15-7-8-19-18(11-15)20(25)12-16(22-19)13-23-9-10-24(21(26)14-23)17-5-3-2-4-6-17/h7-8,11-12,17H,2-6,9-10,13-14H2,1H3,(H,22,25). The highest BCUT2D eigenvalue weighted by Gasteiger charge is 2.30. The quantitative estimate of drug-likeness (QED) is 0.923. The zero-order valence-corrected chi connectivity index (χ0v) is 15.5. The number of pyridine rings is 1. The van der Waals surface area contributed by atoms with Crippen molar-refractivity contribution in [2.75, 3.05) is 19.6 Å². The zero-order chi connectivity index (χ0) is 18.1. The van der Waals surface area contributed by atoms with Crippen LogP contribution >= 0.6 is 0 Å². The number of carbonyl (C=O) groups excluding carboxylic acids is 1. The van der Waals surface area contributed by atoms with Gasteiger partial charge in [0.2, 0.25) is 5.91 Å². The highest BCUT2D eigenvalue weighted by atomic mass is 16.2. The van der Waals surface area contributed by atoms with Crippen LogP contribution in [-0.2, 0) is 11.3 Å². The lowest BCUT2D eigenvalue weighted by Crippen LogP contribution is -2.54. The second kappa shape index (κ2) is 7.23. The summed E-state index contributed by atoms with van der Waals surface area (Å²) >= 11 is 0. The highest BCUT2D eigenvalue weighted by Crippen LogP contribution is 2.24. The van der Waals surface area contributed by atoms with E-state index in [1.54, 1.807) is 6.07 Å². The van der Waals surface area contributed by atoms with Crippen LogP contribution in [0.3, 0.4) is 0 Å². The summed E-state index contributed by atoms with van der Waals surface area (Å²) in [6, 6.07) is 8.02. The number of nitrogens with zero attached hydrogens (tertiary/aromatic N) is 2. The molecule has 2 aromatic rings. The fourth-order valence-electron chi connectivity index (χ4n) is 4.39. The maximum Gasteiger partial charge on any atom is 0.237 e. The molecule has 1 N–H and O–H groups in total. The third kappa shape index (κ3) is 3.54. The van der Waals surface area contributed by atoms with Crippen molar-refractivity contribution in [3.63, 3.8) is 0 Å². The number of hydrogen-bond donors (Lipinski definition) is 1. The molecule has 26 heavy (non-hydrogen) atoms. The number of fused-ring (bicyclic) bond motifs is 1. The van der Waals surface area contributed by atoms with Crippen molar-refractivity contribution in [2.24, 2.45) is 0 Å². The molecule has 2 fully saturated rings. The van der Waals surface area contributed by atoms with E-state index in [0.29, 0.717) is 19.1 Å². The number of nitrogens with one attached hydrogen (secondary N) is 1. The van der Waals surface area contributed by atoms with E-state index in [1.165, 1.54) is 19.3 Å². The van der Waals surface area contributed by atoms with Gasteiger partial charge in [-0.15, -0.1) is 0 Å². The van der Waals surface area contributed by atoms with Gasteiger partial charge in [-0.3, -0.25) is 14.5 Å². The van der Waals surface area contributed by atoms with Crippen LogP contribution in [0.15, 0.2) is 29.1 Å². The summed E-state index contributed by atoms with van der Waals surface area (Å²) in [7, 11) is 0. The monoisotopic (exact) mass is 353 g/mol. The number of rotatable bonds is 3. The lowest BCUT2D eigenvalue weighted by molar-refractivity contribution is -0.139. The minimum Gasteiger partial charge on any atom is -0.357 e. The summed E-state index contributed by atoms with van der Waals surface area (Å²) in [4.78, 5) is 32.6. The largest absolute Gasteiger partial charge is 0.357 e. The summed E-state index contributed by atoms with van der Waals surface area (Å²) in [5, 5.41) is 0.729. The first-order chi connectivity index (χ1) is 12.6. The van der Waals surface area contributed by atoms with Crippen LogP contribution in [0.1, 0.15) is 43.4 Å². The molecule has 0 atom stereocenters. The Balaban J connectivity index is 1.45. The van der Waals surface area contributed by atoms with Crippen molar-refractivity contribution in [3.8, 4) is 0 Å². The SMILES string of the molecule is Cc1ccc2[nH]c(CN3CCN(C4CCCCC4)C(=O)C3)cc(=O)c2c1. The van der Waals surface area contributed by atoms with Crippen molar-refractivity contribution in [3.05, 3.63) is 45.7 Å². The summed E-state index contributed by atoms with van der Waals surface area (Å²) < 4.78 is 0. The number of benzene rings is 1. The summed E-state index contributed by atoms with van der Waals surface area (Å²) in [6.45, 7) is 4.73. The number of H-pyrrole nitrogens is 1. The molecule has 5 nitrogen and oxygen atoms in total. The second-order valence-electron chi connectivity index (χ2n) is 7.80. The van der Waals surface area contributed by atoms with Gasteiger partial charge in [-0.2, -0.15) is 0 Å². The normalized spacial score (nSPS) is 20.0. The second-order valence-corrected chi connectivity index (χ2v) is 7.80. The molecule has 5 heteroatoms. The first-order valence-corrected chi connectivity index (χ1v) is 9.74. The van der Waals surface area contributed by atoms with E-state index in [1.807, 2.05) is 25.1 Å². The van der Waals surface area contributed by atoms with Gasteiger partial charge in [-0.1, -0.05) is 30.9 Å². The zero-order valence-electron chi connectivity index (χ0n) is 15.5. The number of amides is 1. The summed E-state index contributed by atoms with van der Waals surface area (Å²) in [5.41, 5.74) is 2.88.